The fourth-order valence-corrected chi connectivity index (χ4v) is 4.53. The van der Waals surface area contributed by atoms with E-state index < -0.39 is 0 Å². The Kier molecular flexibility index (Phi) is 4.64. The molecule has 4 heteroatoms. The first-order chi connectivity index (χ1) is 9.72. The lowest BCUT2D eigenvalue weighted by atomic mass is 9.78. The minimum Gasteiger partial charge on any atom is -0.327 e. The van der Waals surface area contributed by atoms with Gasteiger partial charge in [-0.1, -0.05) is 6.42 Å². The first kappa shape index (κ1) is 14.4. The Morgan fingerprint density at radius 3 is 2.75 bits per heavy atom. The third-order valence-corrected chi connectivity index (χ3v) is 5.71. The average molecular weight is 294 g/mol. The van der Waals surface area contributed by atoms with Crippen LogP contribution < -0.4 is 5.73 Å². The molecular formula is C16H23FN2S. The van der Waals surface area contributed by atoms with Crippen LogP contribution in [0.5, 0.6) is 0 Å². The van der Waals surface area contributed by atoms with E-state index in [-0.39, 0.29) is 5.82 Å². The molecule has 0 bridgehead atoms. The highest BCUT2D eigenvalue weighted by Crippen LogP contribution is 2.35. The van der Waals surface area contributed by atoms with Crippen molar-refractivity contribution in [2.24, 2.45) is 17.6 Å². The number of rotatable bonds is 4. The van der Waals surface area contributed by atoms with Crippen molar-refractivity contribution in [3.63, 3.8) is 0 Å². The third-order valence-electron chi connectivity index (χ3n) is 4.72. The maximum atomic E-state index is 12.8. The lowest BCUT2D eigenvalue weighted by Crippen LogP contribution is -2.38. The molecule has 2 fully saturated rings. The van der Waals surface area contributed by atoms with Gasteiger partial charge in [0.15, 0.2) is 0 Å². The van der Waals surface area contributed by atoms with Crippen molar-refractivity contribution in [3.05, 3.63) is 30.1 Å². The minimum atomic E-state index is -0.160. The number of nitrogens with two attached hydrogens (primary N) is 1. The molecule has 1 aromatic carbocycles. The fraction of sp³-hybridized carbons (Fsp3) is 0.625. The number of halogens is 1. The molecule has 1 aliphatic heterocycles. The third kappa shape index (κ3) is 3.35. The Morgan fingerprint density at radius 2 is 2.00 bits per heavy atom. The Morgan fingerprint density at radius 1 is 1.20 bits per heavy atom. The van der Waals surface area contributed by atoms with Gasteiger partial charge >= 0.3 is 0 Å². The molecule has 110 valence electrons. The Bertz CT molecular complexity index is 437. The zero-order chi connectivity index (χ0) is 13.9. The van der Waals surface area contributed by atoms with Gasteiger partial charge in [0.05, 0.1) is 0 Å². The molecule has 1 heterocycles. The van der Waals surface area contributed by atoms with Crippen LogP contribution in [0.3, 0.4) is 0 Å². The molecule has 1 aromatic rings. The first-order valence-electron chi connectivity index (χ1n) is 7.58. The van der Waals surface area contributed by atoms with E-state index in [2.05, 4.69) is 4.90 Å². The normalized spacial score (nSPS) is 30.4. The topological polar surface area (TPSA) is 29.3 Å². The van der Waals surface area contributed by atoms with Crippen LogP contribution in [0, 0.1) is 17.7 Å². The second-order valence-electron chi connectivity index (χ2n) is 6.08. The van der Waals surface area contributed by atoms with Gasteiger partial charge in [0.25, 0.3) is 0 Å². The van der Waals surface area contributed by atoms with Gasteiger partial charge < -0.3 is 10.6 Å². The SMILES string of the molecule is NC1CCCC2CN(CCSc3ccc(F)cc3)CC12. The van der Waals surface area contributed by atoms with Gasteiger partial charge in [-0.05, 0) is 48.9 Å². The summed E-state index contributed by atoms with van der Waals surface area (Å²) in [6.07, 6.45) is 3.87. The molecule has 3 atom stereocenters. The van der Waals surface area contributed by atoms with E-state index in [4.69, 9.17) is 5.73 Å². The van der Waals surface area contributed by atoms with Gasteiger partial charge in [-0.15, -0.1) is 11.8 Å². The monoisotopic (exact) mass is 294 g/mol. The Balaban J connectivity index is 1.44. The zero-order valence-electron chi connectivity index (χ0n) is 11.8. The van der Waals surface area contributed by atoms with E-state index in [1.165, 1.54) is 44.5 Å². The molecule has 2 N–H and O–H groups in total. The molecule has 20 heavy (non-hydrogen) atoms. The lowest BCUT2D eigenvalue weighted by molar-refractivity contribution is 0.259. The van der Waals surface area contributed by atoms with Crippen molar-refractivity contribution in [2.45, 2.75) is 30.2 Å². The number of thioether (sulfide) groups is 1. The van der Waals surface area contributed by atoms with E-state index in [1.807, 2.05) is 23.9 Å². The smallest absolute Gasteiger partial charge is 0.123 e. The van der Waals surface area contributed by atoms with E-state index in [0.29, 0.717) is 6.04 Å². The van der Waals surface area contributed by atoms with Gasteiger partial charge in [-0.2, -0.15) is 0 Å². The number of benzene rings is 1. The summed E-state index contributed by atoms with van der Waals surface area (Å²) in [5, 5.41) is 0. The van der Waals surface area contributed by atoms with Crippen molar-refractivity contribution in [2.75, 3.05) is 25.4 Å². The van der Waals surface area contributed by atoms with E-state index >= 15 is 0 Å². The predicted molar refractivity (Wildman–Crippen MR) is 82.4 cm³/mol. The summed E-state index contributed by atoms with van der Waals surface area (Å²) in [5.74, 6) is 2.46. The van der Waals surface area contributed by atoms with Crippen molar-refractivity contribution >= 4 is 11.8 Å². The molecule has 2 aliphatic rings. The molecular weight excluding hydrogens is 271 g/mol. The molecule has 2 nitrogen and oxygen atoms in total. The molecule has 1 saturated heterocycles. The van der Waals surface area contributed by atoms with Gasteiger partial charge in [-0.3, -0.25) is 0 Å². The Labute approximate surface area is 124 Å². The van der Waals surface area contributed by atoms with Crippen molar-refractivity contribution in [1.82, 2.24) is 4.90 Å². The number of hydrogen-bond acceptors (Lipinski definition) is 3. The highest BCUT2D eigenvalue weighted by atomic mass is 32.2. The van der Waals surface area contributed by atoms with Gasteiger partial charge in [0.1, 0.15) is 5.82 Å². The highest BCUT2D eigenvalue weighted by Gasteiger charge is 2.38. The highest BCUT2D eigenvalue weighted by molar-refractivity contribution is 7.99. The maximum Gasteiger partial charge on any atom is 0.123 e. The molecule has 3 rings (SSSR count). The van der Waals surface area contributed by atoms with E-state index in [0.717, 1.165) is 29.0 Å². The number of fused-ring (bicyclic) bond motifs is 1. The summed E-state index contributed by atoms with van der Waals surface area (Å²) in [4.78, 5) is 3.72. The van der Waals surface area contributed by atoms with Crippen LogP contribution in [0.2, 0.25) is 0 Å². The van der Waals surface area contributed by atoms with Crippen molar-refractivity contribution in [1.29, 1.82) is 0 Å². The maximum absolute atomic E-state index is 12.8. The number of likely N-dealkylation sites (tertiary alicyclic amines) is 1. The molecule has 0 aromatic heterocycles. The summed E-state index contributed by atoms with van der Waals surface area (Å²) >= 11 is 1.81. The largest absolute Gasteiger partial charge is 0.327 e. The van der Waals surface area contributed by atoms with Crippen LogP contribution in [0.4, 0.5) is 4.39 Å². The summed E-state index contributed by atoms with van der Waals surface area (Å²) in [6, 6.07) is 7.21. The van der Waals surface area contributed by atoms with Crippen LogP contribution in [0.15, 0.2) is 29.2 Å². The summed E-state index contributed by atoms with van der Waals surface area (Å²) in [6.45, 7) is 3.51. The van der Waals surface area contributed by atoms with E-state index in [9.17, 15) is 4.39 Å². The quantitative estimate of drug-likeness (QED) is 0.866. The molecule has 1 aliphatic carbocycles. The first-order valence-corrected chi connectivity index (χ1v) is 8.57. The zero-order valence-corrected chi connectivity index (χ0v) is 12.6. The Hall–Kier alpha value is -0.580. The molecule has 0 spiro atoms. The number of hydrogen-bond donors (Lipinski definition) is 1. The second-order valence-corrected chi connectivity index (χ2v) is 7.25. The molecule has 0 amide bonds. The standard InChI is InChI=1S/C16H23FN2S/c17-13-4-6-14(7-5-13)20-9-8-19-10-12-2-1-3-16(18)15(12)11-19/h4-7,12,15-16H,1-3,8-11,18H2. The van der Waals surface area contributed by atoms with Gasteiger partial charge in [-0.25, -0.2) is 4.39 Å². The molecule has 0 radical (unpaired) electrons. The summed E-state index contributed by atoms with van der Waals surface area (Å²) < 4.78 is 12.8. The van der Waals surface area contributed by atoms with Crippen molar-refractivity contribution < 1.29 is 4.39 Å². The van der Waals surface area contributed by atoms with Crippen LogP contribution in [0.25, 0.3) is 0 Å². The van der Waals surface area contributed by atoms with E-state index in [1.54, 1.807) is 0 Å². The second kappa shape index (κ2) is 6.46. The average Bonchev–Trinajstić information content (AvgIpc) is 2.85. The van der Waals surface area contributed by atoms with Crippen LogP contribution in [-0.2, 0) is 0 Å². The lowest BCUT2D eigenvalue weighted by Gasteiger charge is -2.29. The fourth-order valence-electron chi connectivity index (χ4n) is 3.61. The van der Waals surface area contributed by atoms with Crippen LogP contribution in [0.1, 0.15) is 19.3 Å². The predicted octanol–water partition coefficient (Wildman–Crippen LogP) is 2.98. The summed E-state index contributed by atoms with van der Waals surface area (Å²) in [7, 11) is 0. The van der Waals surface area contributed by atoms with Gasteiger partial charge in [0, 0.05) is 36.3 Å². The summed E-state index contributed by atoms with van der Waals surface area (Å²) in [5.41, 5.74) is 6.25. The molecule has 1 saturated carbocycles. The molecule has 3 unspecified atom stereocenters. The van der Waals surface area contributed by atoms with Crippen LogP contribution in [-0.4, -0.2) is 36.3 Å². The number of nitrogens with zero attached hydrogens (tertiary/aromatic N) is 1. The van der Waals surface area contributed by atoms with Crippen molar-refractivity contribution in [3.8, 4) is 0 Å². The van der Waals surface area contributed by atoms with Gasteiger partial charge in [0.2, 0.25) is 0 Å². The minimum absolute atomic E-state index is 0.160. The van der Waals surface area contributed by atoms with Crippen LogP contribution >= 0.6 is 11.8 Å².